The molecule has 2 unspecified atom stereocenters. The van der Waals surface area contributed by atoms with E-state index >= 15 is 0 Å². The number of ether oxygens (including phenoxy) is 1. The Hall–Kier alpha value is -3.13. The third-order valence-electron chi connectivity index (χ3n) is 5.29. The summed E-state index contributed by atoms with van der Waals surface area (Å²) in [4.78, 5) is 40.7. The molecule has 0 bridgehead atoms. The second-order valence-electron chi connectivity index (χ2n) is 7.32. The molecule has 2 aromatic carbocycles. The molecule has 0 aliphatic heterocycles. The summed E-state index contributed by atoms with van der Waals surface area (Å²) in [7, 11) is 0. The van der Waals surface area contributed by atoms with Crippen LogP contribution in [0.5, 0.6) is 0 Å². The van der Waals surface area contributed by atoms with Gasteiger partial charge in [-0.25, -0.2) is 0 Å². The standard InChI is InChI=1S/C22H15ClF3NO4/c1-10(28)31-21-14(11-2-4-12(5-3-11)22(24,25)26)9-17(29)18-19(21)27-16-7-6-13(23)8-15(16)20(18)30/h2-8,14,21H,9H2,1H3,(H,27,30). The number of rotatable bonds is 2. The Kier molecular flexibility index (Phi) is 5.13. The van der Waals surface area contributed by atoms with E-state index in [9.17, 15) is 27.6 Å². The zero-order valence-electron chi connectivity index (χ0n) is 16.0. The molecule has 2 atom stereocenters. The number of Topliss-reactive ketones (excluding diaryl/α,β-unsaturated/α-hetero) is 1. The molecule has 9 heteroatoms. The maximum absolute atomic E-state index is 13.0. The smallest absolute Gasteiger partial charge is 0.416 e. The Labute approximate surface area is 178 Å². The number of aromatic amines is 1. The molecule has 0 saturated heterocycles. The number of carbonyl (C=O) groups excluding carboxylic acids is 2. The summed E-state index contributed by atoms with van der Waals surface area (Å²) in [5, 5.41) is 0.537. The van der Waals surface area contributed by atoms with Crippen molar-refractivity contribution in [3.8, 4) is 0 Å². The summed E-state index contributed by atoms with van der Waals surface area (Å²) < 4.78 is 44.2. The van der Waals surface area contributed by atoms with Crippen LogP contribution in [0, 0.1) is 0 Å². The van der Waals surface area contributed by atoms with Gasteiger partial charge in [-0.1, -0.05) is 23.7 Å². The summed E-state index contributed by atoms with van der Waals surface area (Å²) in [5.41, 5.74) is -0.611. The summed E-state index contributed by atoms with van der Waals surface area (Å²) in [6.45, 7) is 1.18. The number of benzene rings is 2. The Morgan fingerprint density at radius 3 is 2.42 bits per heavy atom. The minimum Gasteiger partial charge on any atom is -0.455 e. The molecular formula is C22H15ClF3NO4. The van der Waals surface area contributed by atoms with Gasteiger partial charge in [0.1, 0.15) is 6.10 Å². The molecular weight excluding hydrogens is 435 g/mol. The lowest BCUT2D eigenvalue weighted by atomic mass is 9.78. The van der Waals surface area contributed by atoms with Crippen molar-refractivity contribution in [1.29, 1.82) is 0 Å². The number of esters is 1. The van der Waals surface area contributed by atoms with Crippen LogP contribution in [0.2, 0.25) is 5.02 Å². The van der Waals surface area contributed by atoms with E-state index < -0.39 is 40.9 Å². The van der Waals surface area contributed by atoms with Gasteiger partial charge in [-0.05, 0) is 35.9 Å². The van der Waals surface area contributed by atoms with E-state index in [1.165, 1.54) is 25.1 Å². The van der Waals surface area contributed by atoms with Crippen molar-refractivity contribution in [3.05, 3.63) is 80.1 Å². The Balaban J connectivity index is 1.88. The summed E-state index contributed by atoms with van der Waals surface area (Å²) in [5.74, 6) is -1.91. The largest absolute Gasteiger partial charge is 0.455 e. The van der Waals surface area contributed by atoms with Gasteiger partial charge in [0.15, 0.2) is 5.78 Å². The van der Waals surface area contributed by atoms with Gasteiger partial charge in [0.2, 0.25) is 5.43 Å². The number of carbonyl (C=O) groups is 2. The molecule has 5 nitrogen and oxygen atoms in total. The van der Waals surface area contributed by atoms with Gasteiger partial charge in [-0.2, -0.15) is 13.2 Å². The second-order valence-corrected chi connectivity index (χ2v) is 7.75. The predicted octanol–water partition coefficient (Wildman–Crippen LogP) is 5.17. The van der Waals surface area contributed by atoms with Crippen molar-refractivity contribution in [3.63, 3.8) is 0 Å². The van der Waals surface area contributed by atoms with Gasteiger partial charge in [-0.15, -0.1) is 0 Å². The van der Waals surface area contributed by atoms with E-state index in [0.29, 0.717) is 16.1 Å². The number of H-pyrrole nitrogens is 1. The quantitative estimate of drug-likeness (QED) is 0.547. The van der Waals surface area contributed by atoms with Gasteiger partial charge in [0, 0.05) is 35.2 Å². The van der Waals surface area contributed by atoms with Crippen LogP contribution >= 0.6 is 11.6 Å². The lowest BCUT2D eigenvalue weighted by Crippen LogP contribution is -2.33. The highest BCUT2D eigenvalue weighted by Gasteiger charge is 2.40. The normalized spacial score (nSPS) is 18.7. The van der Waals surface area contributed by atoms with Gasteiger partial charge >= 0.3 is 12.1 Å². The molecule has 1 aliphatic carbocycles. The molecule has 1 heterocycles. The van der Waals surface area contributed by atoms with Crippen LogP contribution < -0.4 is 5.43 Å². The zero-order valence-corrected chi connectivity index (χ0v) is 16.8. The van der Waals surface area contributed by atoms with Crippen molar-refractivity contribution >= 4 is 34.3 Å². The number of halogens is 4. The molecule has 0 spiro atoms. The molecule has 0 fully saturated rings. The molecule has 1 aliphatic rings. The Bertz CT molecular complexity index is 1260. The second kappa shape index (κ2) is 7.53. The van der Waals surface area contributed by atoms with Crippen molar-refractivity contribution in [2.45, 2.75) is 31.5 Å². The molecule has 1 aromatic heterocycles. The minimum atomic E-state index is -4.51. The van der Waals surface area contributed by atoms with E-state index in [-0.39, 0.29) is 23.1 Å². The summed E-state index contributed by atoms with van der Waals surface area (Å²) in [6.07, 6.45) is -5.76. The van der Waals surface area contributed by atoms with E-state index in [1.807, 2.05) is 0 Å². The molecule has 1 N–H and O–H groups in total. The number of ketones is 1. The lowest BCUT2D eigenvalue weighted by molar-refractivity contribution is -0.148. The highest BCUT2D eigenvalue weighted by atomic mass is 35.5. The van der Waals surface area contributed by atoms with E-state index in [1.54, 1.807) is 12.1 Å². The fourth-order valence-corrected chi connectivity index (χ4v) is 4.08. The molecule has 0 radical (unpaired) electrons. The molecule has 0 amide bonds. The lowest BCUT2D eigenvalue weighted by Gasteiger charge is -2.32. The number of fused-ring (bicyclic) bond motifs is 2. The zero-order chi connectivity index (χ0) is 22.5. The van der Waals surface area contributed by atoms with Crippen molar-refractivity contribution in [2.24, 2.45) is 0 Å². The first-order chi connectivity index (χ1) is 14.6. The number of nitrogens with one attached hydrogen (secondary N) is 1. The van der Waals surface area contributed by atoms with Crippen LogP contribution in [-0.2, 0) is 15.7 Å². The van der Waals surface area contributed by atoms with Gasteiger partial charge in [0.05, 0.1) is 16.8 Å². The summed E-state index contributed by atoms with van der Waals surface area (Å²) in [6, 6.07) is 8.88. The van der Waals surface area contributed by atoms with Gasteiger partial charge < -0.3 is 9.72 Å². The number of pyridine rings is 1. The number of aromatic nitrogens is 1. The predicted molar refractivity (Wildman–Crippen MR) is 107 cm³/mol. The highest BCUT2D eigenvalue weighted by molar-refractivity contribution is 6.31. The van der Waals surface area contributed by atoms with E-state index in [2.05, 4.69) is 4.98 Å². The van der Waals surface area contributed by atoms with Crippen molar-refractivity contribution in [2.75, 3.05) is 0 Å². The third kappa shape index (κ3) is 3.83. The minimum absolute atomic E-state index is 0.121. The van der Waals surface area contributed by atoms with Crippen LogP contribution in [0.3, 0.4) is 0 Å². The van der Waals surface area contributed by atoms with Crippen LogP contribution in [0.1, 0.15) is 52.5 Å². The first kappa shape index (κ1) is 21.1. The number of hydrogen-bond acceptors (Lipinski definition) is 4. The third-order valence-corrected chi connectivity index (χ3v) is 5.52. The SMILES string of the molecule is CC(=O)OC1c2[nH]c3ccc(Cl)cc3c(=O)c2C(=O)CC1c1ccc(C(F)(F)F)cc1. The maximum Gasteiger partial charge on any atom is 0.416 e. The number of alkyl halides is 3. The average molecular weight is 450 g/mol. The monoisotopic (exact) mass is 449 g/mol. The Morgan fingerprint density at radius 2 is 1.81 bits per heavy atom. The Morgan fingerprint density at radius 1 is 1.13 bits per heavy atom. The molecule has 4 rings (SSSR count). The fraction of sp³-hybridized carbons (Fsp3) is 0.227. The van der Waals surface area contributed by atoms with Crippen LogP contribution in [0.15, 0.2) is 47.3 Å². The molecule has 31 heavy (non-hydrogen) atoms. The first-order valence-electron chi connectivity index (χ1n) is 9.29. The average Bonchev–Trinajstić information content (AvgIpc) is 2.69. The fourth-order valence-electron chi connectivity index (χ4n) is 3.91. The topological polar surface area (TPSA) is 76.2 Å². The van der Waals surface area contributed by atoms with E-state index in [4.69, 9.17) is 16.3 Å². The molecule has 160 valence electrons. The first-order valence-corrected chi connectivity index (χ1v) is 9.67. The van der Waals surface area contributed by atoms with E-state index in [0.717, 1.165) is 12.1 Å². The highest BCUT2D eigenvalue weighted by Crippen LogP contribution is 2.43. The molecule has 3 aromatic rings. The molecule has 0 saturated carbocycles. The van der Waals surface area contributed by atoms with Crippen LogP contribution in [0.4, 0.5) is 13.2 Å². The number of hydrogen-bond donors (Lipinski definition) is 1. The van der Waals surface area contributed by atoms with Gasteiger partial charge in [0.25, 0.3) is 0 Å². The van der Waals surface area contributed by atoms with Crippen molar-refractivity contribution < 1.29 is 27.5 Å². The van der Waals surface area contributed by atoms with Crippen LogP contribution in [0.25, 0.3) is 10.9 Å². The van der Waals surface area contributed by atoms with Crippen molar-refractivity contribution in [1.82, 2.24) is 4.98 Å². The van der Waals surface area contributed by atoms with Crippen LogP contribution in [-0.4, -0.2) is 16.7 Å². The van der Waals surface area contributed by atoms with Gasteiger partial charge in [-0.3, -0.25) is 14.4 Å². The maximum atomic E-state index is 13.0. The summed E-state index contributed by atoms with van der Waals surface area (Å²) >= 11 is 5.97.